The highest BCUT2D eigenvalue weighted by Gasteiger charge is 2.12. The van der Waals surface area contributed by atoms with E-state index in [0.717, 1.165) is 0 Å². The van der Waals surface area contributed by atoms with Gasteiger partial charge in [0.25, 0.3) is 5.91 Å². The molecule has 4 nitrogen and oxygen atoms in total. The van der Waals surface area contributed by atoms with E-state index in [1.165, 1.54) is 11.3 Å². The number of carbonyl (C=O) groups is 1. The summed E-state index contributed by atoms with van der Waals surface area (Å²) >= 11 is 1.27. The average molecular weight is 243 g/mol. The number of benzene rings is 1. The minimum atomic E-state index is -0.291. The number of carbonyl (C=O) groups excluding carboxylic acids is 1. The molecule has 1 aromatic carbocycles. The van der Waals surface area contributed by atoms with Gasteiger partial charge < -0.3 is 11.1 Å². The summed E-state index contributed by atoms with van der Waals surface area (Å²) in [5.74, 6) is -0.291. The smallest absolute Gasteiger partial charge is 0.267 e. The van der Waals surface area contributed by atoms with E-state index in [0.29, 0.717) is 21.8 Å². The largest absolute Gasteiger partial charge is 0.397 e. The number of nitriles is 1. The highest BCUT2D eigenvalue weighted by molar-refractivity contribution is 7.12. The fourth-order valence-corrected chi connectivity index (χ4v) is 2.09. The summed E-state index contributed by atoms with van der Waals surface area (Å²) in [5, 5.41) is 13.3. The Morgan fingerprint density at radius 1 is 1.35 bits per heavy atom. The van der Waals surface area contributed by atoms with E-state index in [9.17, 15) is 4.79 Å². The van der Waals surface area contributed by atoms with Crippen LogP contribution in [0.2, 0.25) is 0 Å². The number of nitrogen functional groups attached to an aromatic ring is 1. The van der Waals surface area contributed by atoms with E-state index in [-0.39, 0.29) is 5.91 Å². The molecule has 0 atom stereocenters. The summed E-state index contributed by atoms with van der Waals surface area (Å²) in [6.07, 6.45) is 0. The maximum absolute atomic E-state index is 11.9. The standard InChI is InChI=1S/C12H9N3OS/c13-7-8-3-1-2-4-10(8)15-12(16)11-9(14)5-6-17-11/h1-6H,14H2,(H,15,16). The lowest BCUT2D eigenvalue weighted by Gasteiger charge is -2.05. The highest BCUT2D eigenvalue weighted by atomic mass is 32.1. The van der Waals surface area contributed by atoms with E-state index >= 15 is 0 Å². The number of anilines is 2. The number of hydrogen-bond donors (Lipinski definition) is 2. The number of rotatable bonds is 2. The third-order valence-corrected chi connectivity index (χ3v) is 3.13. The third-order valence-electron chi connectivity index (χ3n) is 2.20. The number of amides is 1. The second kappa shape index (κ2) is 4.68. The van der Waals surface area contributed by atoms with Crippen molar-refractivity contribution in [2.75, 3.05) is 11.1 Å². The number of nitrogens with one attached hydrogen (secondary N) is 1. The Morgan fingerprint density at radius 3 is 2.76 bits per heavy atom. The van der Waals surface area contributed by atoms with E-state index < -0.39 is 0 Å². The molecule has 0 aliphatic heterocycles. The molecule has 0 unspecified atom stereocenters. The van der Waals surface area contributed by atoms with Crippen LogP contribution in [0.3, 0.4) is 0 Å². The fraction of sp³-hybridized carbons (Fsp3) is 0. The number of thiophene rings is 1. The van der Waals surface area contributed by atoms with Gasteiger partial charge in [-0.05, 0) is 23.6 Å². The maximum Gasteiger partial charge on any atom is 0.267 e. The predicted molar refractivity (Wildman–Crippen MR) is 67.8 cm³/mol. The van der Waals surface area contributed by atoms with Crippen molar-refractivity contribution in [3.8, 4) is 6.07 Å². The summed E-state index contributed by atoms with van der Waals surface area (Å²) in [6, 6.07) is 10.5. The normalized spacial score (nSPS) is 9.59. The van der Waals surface area contributed by atoms with Crippen LogP contribution in [0.25, 0.3) is 0 Å². The Hall–Kier alpha value is -2.32. The van der Waals surface area contributed by atoms with Crippen molar-refractivity contribution in [2.24, 2.45) is 0 Å². The number of nitrogens with two attached hydrogens (primary N) is 1. The van der Waals surface area contributed by atoms with Crippen molar-refractivity contribution < 1.29 is 4.79 Å². The molecule has 3 N–H and O–H groups in total. The number of para-hydroxylation sites is 1. The summed E-state index contributed by atoms with van der Waals surface area (Å²) in [5.41, 5.74) is 7.02. The van der Waals surface area contributed by atoms with E-state index in [1.54, 1.807) is 35.7 Å². The van der Waals surface area contributed by atoms with Gasteiger partial charge in [-0.25, -0.2) is 0 Å². The molecule has 84 valence electrons. The Labute approximate surface area is 102 Å². The van der Waals surface area contributed by atoms with Crippen LogP contribution in [0.1, 0.15) is 15.2 Å². The van der Waals surface area contributed by atoms with Gasteiger partial charge in [0, 0.05) is 0 Å². The first-order chi connectivity index (χ1) is 8.22. The zero-order valence-corrected chi connectivity index (χ0v) is 9.62. The second-order valence-electron chi connectivity index (χ2n) is 3.32. The fourth-order valence-electron chi connectivity index (χ4n) is 1.37. The lowest BCUT2D eigenvalue weighted by Crippen LogP contribution is -2.12. The zero-order valence-electron chi connectivity index (χ0n) is 8.81. The zero-order chi connectivity index (χ0) is 12.3. The Kier molecular flexibility index (Phi) is 3.08. The monoisotopic (exact) mass is 243 g/mol. The van der Waals surface area contributed by atoms with E-state index in [2.05, 4.69) is 5.32 Å². The Balaban J connectivity index is 2.26. The maximum atomic E-state index is 11.9. The third kappa shape index (κ3) is 2.27. The van der Waals surface area contributed by atoms with Crippen LogP contribution in [0.15, 0.2) is 35.7 Å². The summed E-state index contributed by atoms with van der Waals surface area (Å²) < 4.78 is 0. The molecule has 0 aliphatic rings. The molecular formula is C12H9N3OS. The molecule has 1 aromatic heterocycles. The molecule has 0 fully saturated rings. The van der Waals surface area contributed by atoms with Crippen molar-refractivity contribution in [1.82, 2.24) is 0 Å². The van der Waals surface area contributed by atoms with Crippen molar-refractivity contribution in [3.05, 3.63) is 46.2 Å². The molecule has 0 aliphatic carbocycles. The highest BCUT2D eigenvalue weighted by Crippen LogP contribution is 2.21. The topological polar surface area (TPSA) is 78.9 Å². The molecule has 2 aromatic rings. The van der Waals surface area contributed by atoms with Gasteiger partial charge in [-0.3, -0.25) is 4.79 Å². The molecule has 1 heterocycles. The van der Waals surface area contributed by atoms with Gasteiger partial charge in [-0.2, -0.15) is 5.26 Å². The molecule has 0 spiro atoms. The molecule has 0 bridgehead atoms. The van der Waals surface area contributed by atoms with Crippen LogP contribution in [0, 0.1) is 11.3 Å². The van der Waals surface area contributed by atoms with Crippen LogP contribution >= 0.6 is 11.3 Å². The van der Waals surface area contributed by atoms with Gasteiger partial charge in [-0.1, -0.05) is 12.1 Å². The van der Waals surface area contributed by atoms with Crippen molar-refractivity contribution in [2.45, 2.75) is 0 Å². The molecule has 2 rings (SSSR count). The van der Waals surface area contributed by atoms with Crippen molar-refractivity contribution >= 4 is 28.6 Å². The average Bonchev–Trinajstić information content (AvgIpc) is 2.76. The van der Waals surface area contributed by atoms with Crippen molar-refractivity contribution in [3.63, 3.8) is 0 Å². The minimum absolute atomic E-state index is 0.291. The van der Waals surface area contributed by atoms with Crippen LogP contribution < -0.4 is 11.1 Å². The molecule has 0 saturated carbocycles. The van der Waals surface area contributed by atoms with Crippen LogP contribution in [-0.4, -0.2) is 5.91 Å². The molecule has 0 radical (unpaired) electrons. The van der Waals surface area contributed by atoms with Gasteiger partial charge in [0.2, 0.25) is 0 Å². The lowest BCUT2D eigenvalue weighted by molar-refractivity contribution is 0.103. The van der Waals surface area contributed by atoms with Gasteiger partial charge in [0.1, 0.15) is 10.9 Å². The lowest BCUT2D eigenvalue weighted by atomic mass is 10.2. The van der Waals surface area contributed by atoms with Gasteiger partial charge in [-0.15, -0.1) is 11.3 Å². The second-order valence-corrected chi connectivity index (χ2v) is 4.23. The molecule has 1 amide bonds. The van der Waals surface area contributed by atoms with Gasteiger partial charge in [0.15, 0.2) is 0 Å². The van der Waals surface area contributed by atoms with Gasteiger partial charge >= 0.3 is 0 Å². The molecule has 5 heteroatoms. The SMILES string of the molecule is N#Cc1ccccc1NC(=O)c1sccc1N. The minimum Gasteiger partial charge on any atom is -0.397 e. The first-order valence-corrected chi connectivity index (χ1v) is 5.74. The summed E-state index contributed by atoms with van der Waals surface area (Å²) in [6.45, 7) is 0. The van der Waals surface area contributed by atoms with E-state index in [4.69, 9.17) is 11.0 Å². The Morgan fingerprint density at radius 2 is 2.12 bits per heavy atom. The molecular weight excluding hydrogens is 234 g/mol. The Bertz CT molecular complexity index is 598. The van der Waals surface area contributed by atoms with Crippen LogP contribution in [0.5, 0.6) is 0 Å². The summed E-state index contributed by atoms with van der Waals surface area (Å²) in [4.78, 5) is 12.3. The summed E-state index contributed by atoms with van der Waals surface area (Å²) in [7, 11) is 0. The molecule has 0 saturated heterocycles. The van der Waals surface area contributed by atoms with Crippen LogP contribution in [0.4, 0.5) is 11.4 Å². The molecule has 17 heavy (non-hydrogen) atoms. The van der Waals surface area contributed by atoms with Crippen molar-refractivity contribution in [1.29, 1.82) is 5.26 Å². The van der Waals surface area contributed by atoms with Gasteiger partial charge in [0.05, 0.1) is 16.9 Å². The quantitative estimate of drug-likeness (QED) is 0.850. The first kappa shape index (κ1) is 11.2. The number of hydrogen-bond acceptors (Lipinski definition) is 4. The first-order valence-electron chi connectivity index (χ1n) is 4.86. The number of nitrogens with zero attached hydrogens (tertiary/aromatic N) is 1. The predicted octanol–water partition coefficient (Wildman–Crippen LogP) is 2.45. The van der Waals surface area contributed by atoms with Crippen LogP contribution in [-0.2, 0) is 0 Å². The van der Waals surface area contributed by atoms with E-state index in [1.807, 2.05) is 6.07 Å².